The van der Waals surface area contributed by atoms with Crippen LogP contribution >= 0.6 is 0 Å². The highest BCUT2D eigenvalue weighted by atomic mass is 16.5. The van der Waals surface area contributed by atoms with Gasteiger partial charge in [-0.25, -0.2) is 0 Å². The molecule has 0 bridgehead atoms. The van der Waals surface area contributed by atoms with Gasteiger partial charge in [-0.1, -0.05) is 37.3 Å². The smallest absolute Gasteiger partial charge is 0.183 e. The molecule has 1 fully saturated rings. The van der Waals surface area contributed by atoms with Gasteiger partial charge in [-0.05, 0) is 63.7 Å². The highest BCUT2D eigenvalue weighted by molar-refractivity contribution is 6.03. The number of ketones is 1. The van der Waals surface area contributed by atoms with Gasteiger partial charge in [-0.3, -0.25) is 9.69 Å². The summed E-state index contributed by atoms with van der Waals surface area (Å²) < 4.78 is 5.42. The van der Waals surface area contributed by atoms with E-state index in [1.54, 1.807) is 0 Å². The van der Waals surface area contributed by atoms with Crippen LogP contribution < -0.4 is 4.90 Å². The van der Waals surface area contributed by atoms with Gasteiger partial charge in [0, 0.05) is 24.3 Å². The second kappa shape index (κ2) is 11.6. The van der Waals surface area contributed by atoms with Gasteiger partial charge >= 0.3 is 0 Å². The van der Waals surface area contributed by atoms with E-state index in [1.165, 1.54) is 12.5 Å². The number of carbonyl (C=O) groups excluding carboxylic acids is 2. The van der Waals surface area contributed by atoms with Crippen molar-refractivity contribution >= 4 is 17.8 Å². The Kier molecular flexibility index (Phi) is 9.21. The predicted octanol–water partition coefficient (Wildman–Crippen LogP) is 3.86. The number of morpholine rings is 1. The summed E-state index contributed by atoms with van der Waals surface area (Å²) in [6.07, 6.45) is 2.22. The Morgan fingerprint density at radius 2 is 1.63 bits per heavy atom. The molecule has 0 aliphatic carbocycles. The Morgan fingerprint density at radius 3 is 2.13 bits per heavy atom. The zero-order valence-corrected chi connectivity index (χ0v) is 18.6. The van der Waals surface area contributed by atoms with Crippen molar-refractivity contribution in [1.82, 2.24) is 4.90 Å². The number of rotatable bonds is 7. The first-order chi connectivity index (χ1) is 14.5. The van der Waals surface area contributed by atoms with Crippen molar-refractivity contribution in [3.8, 4) is 0 Å². The zero-order chi connectivity index (χ0) is 22.0. The lowest BCUT2D eigenvalue weighted by Crippen LogP contribution is -2.52. The van der Waals surface area contributed by atoms with Crippen molar-refractivity contribution in [3.63, 3.8) is 0 Å². The van der Waals surface area contributed by atoms with Gasteiger partial charge in [0.15, 0.2) is 5.78 Å². The van der Waals surface area contributed by atoms with E-state index in [4.69, 9.17) is 9.53 Å². The molecule has 0 N–H and O–H groups in total. The molecular weight excluding hydrogens is 376 g/mol. The van der Waals surface area contributed by atoms with Crippen molar-refractivity contribution in [2.75, 3.05) is 45.3 Å². The summed E-state index contributed by atoms with van der Waals surface area (Å²) in [6.45, 7) is 6.87. The second-order valence-corrected chi connectivity index (χ2v) is 7.65. The molecule has 0 amide bonds. The molecular formula is C25H34N2O3. The quantitative estimate of drug-likeness (QED) is 0.512. The van der Waals surface area contributed by atoms with Gasteiger partial charge in [-0.15, -0.1) is 0 Å². The average Bonchev–Trinajstić information content (AvgIpc) is 2.79. The van der Waals surface area contributed by atoms with Crippen molar-refractivity contribution < 1.29 is 14.3 Å². The number of carbonyl (C=O) groups is 2. The number of benzene rings is 2. The summed E-state index contributed by atoms with van der Waals surface area (Å²) in [6, 6.07) is 18.4. The van der Waals surface area contributed by atoms with Gasteiger partial charge in [-0.2, -0.15) is 0 Å². The zero-order valence-electron chi connectivity index (χ0n) is 18.6. The van der Waals surface area contributed by atoms with Crippen LogP contribution in [0.4, 0.5) is 5.69 Å². The van der Waals surface area contributed by atoms with Crippen LogP contribution in [0.25, 0.3) is 0 Å². The van der Waals surface area contributed by atoms with Crippen LogP contribution in [0.3, 0.4) is 0 Å². The van der Waals surface area contributed by atoms with E-state index in [0.717, 1.165) is 50.3 Å². The molecule has 30 heavy (non-hydrogen) atoms. The fraction of sp³-hybridized carbons (Fsp3) is 0.440. The largest absolute Gasteiger partial charge is 0.378 e. The maximum absolute atomic E-state index is 13.6. The van der Waals surface area contributed by atoms with Gasteiger partial charge < -0.3 is 14.4 Å². The highest BCUT2D eigenvalue weighted by Gasteiger charge is 2.39. The molecule has 2 aromatic carbocycles. The maximum atomic E-state index is 13.6. The summed E-state index contributed by atoms with van der Waals surface area (Å²) in [7, 11) is 4.01. The molecule has 1 aliphatic rings. The molecule has 1 heterocycles. The number of likely N-dealkylation sites (N-methyl/N-ethyl adjacent to an activating group) is 1. The lowest BCUT2D eigenvalue weighted by molar-refractivity contribution is -0.106. The molecule has 0 radical (unpaired) electrons. The first kappa shape index (κ1) is 23.8. The number of hydrogen-bond acceptors (Lipinski definition) is 5. The maximum Gasteiger partial charge on any atom is 0.183 e. The number of anilines is 1. The van der Waals surface area contributed by atoms with Gasteiger partial charge in [0.1, 0.15) is 6.29 Å². The summed E-state index contributed by atoms with van der Waals surface area (Å²) >= 11 is 0. The number of nitrogens with zero attached hydrogens (tertiary/aromatic N) is 2. The van der Waals surface area contributed by atoms with Gasteiger partial charge in [0.25, 0.3) is 0 Å². The van der Waals surface area contributed by atoms with E-state index in [2.05, 4.69) is 41.0 Å². The first-order valence-electron chi connectivity index (χ1n) is 10.6. The molecule has 5 heteroatoms. The van der Waals surface area contributed by atoms with E-state index in [0.29, 0.717) is 6.42 Å². The molecule has 5 nitrogen and oxygen atoms in total. The topological polar surface area (TPSA) is 49.9 Å². The third-order valence-electron chi connectivity index (χ3n) is 5.71. The third-order valence-corrected chi connectivity index (χ3v) is 5.71. The third kappa shape index (κ3) is 5.77. The van der Waals surface area contributed by atoms with Crippen LogP contribution in [0.2, 0.25) is 0 Å². The van der Waals surface area contributed by atoms with E-state index >= 15 is 0 Å². The average molecular weight is 411 g/mol. The fourth-order valence-corrected chi connectivity index (χ4v) is 3.89. The van der Waals surface area contributed by atoms with E-state index in [9.17, 15) is 4.79 Å². The minimum Gasteiger partial charge on any atom is -0.378 e. The number of ether oxygens (including phenoxy) is 1. The second-order valence-electron chi connectivity index (χ2n) is 7.65. The van der Waals surface area contributed by atoms with E-state index in [-0.39, 0.29) is 5.78 Å². The molecule has 1 atom stereocenters. The lowest BCUT2D eigenvalue weighted by atomic mass is 9.80. The molecule has 1 saturated heterocycles. The number of Topliss-reactive ketones (excluding diaryl/α,β-unsaturated/α-hetero) is 1. The summed E-state index contributed by atoms with van der Waals surface area (Å²) in [5.41, 5.74) is 2.58. The van der Waals surface area contributed by atoms with Crippen molar-refractivity contribution in [3.05, 3.63) is 65.7 Å². The van der Waals surface area contributed by atoms with E-state index < -0.39 is 5.54 Å². The Balaban J connectivity index is 0.00000101. The van der Waals surface area contributed by atoms with Crippen LogP contribution in [0.15, 0.2) is 54.6 Å². The molecule has 0 saturated carbocycles. The van der Waals surface area contributed by atoms with Crippen molar-refractivity contribution in [2.45, 2.75) is 32.2 Å². The van der Waals surface area contributed by atoms with Gasteiger partial charge in [0.2, 0.25) is 0 Å². The predicted molar refractivity (Wildman–Crippen MR) is 122 cm³/mol. The summed E-state index contributed by atoms with van der Waals surface area (Å²) in [4.78, 5) is 26.7. The highest BCUT2D eigenvalue weighted by Crippen LogP contribution is 2.28. The molecule has 0 aromatic heterocycles. The van der Waals surface area contributed by atoms with E-state index in [1.807, 2.05) is 44.4 Å². The lowest BCUT2D eigenvalue weighted by Gasteiger charge is -2.38. The molecule has 1 unspecified atom stereocenters. The SMILES string of the molecule is CC=O.CCC(Cc1ccccc1)(C(=O)c1ccc(N2CCOCC2)cc1)N(C)C. The molecule has 1 aliphatic heterocycles. The molecule has 162 valence electrons. The van der Waals surface area contributed by atoms with Crippen LogP contribution in [-0.4, -0.2) is 62.9 Å². The van der Waals surface area contributed by atoms with Crippen LogP contribution in [-0.2, 0) is 16.0 Å². The molecule has 0 spiro atoms. The molecule has 2 aromatic rings. The van der Waals surface area contributed by atoms with Crippen molar-refractivity contribution in [2.24, 2.45) is 0 Å². The Labute approximate surface area is 180 Å². The Bertz CT molecular complexity index is 784. The summed E-state index contributed by atoms with van der Waals surface area (Å²) in [5.74, 6) is 0.187. The number of hydrogen-bond donors (Lipinski definition) is 0. The Hall–Kier alpha value is -2.50. The first-order valence-corrected chi connectivity index (χ1v) is 10.6. The van der Waals surface area contributed by atoms with Crippen LogP contribution in [0.1, 0.15) is 36.2 Å². The minimum absolute atomic E-state index is 0.187. The monoisotopic (exact) mass is 410 g/mol. The summed E-state index contributed by atoms with van der Waals surface area (Å²) in [5, 5.41) is 0. The molecule has 3 rings (SSSR count). The fourth-order valence-electron chi connectivity index (χ4n) is 3.89. The standard InChI is InChI=1S/C23H30N2O2.C2H4O/c1-4-23(24(2)3,18-19-8-6-5-7-9-19)22(26)20-10-12-21(13-11-20)25-14-16-27-17-15-25;1-2-3/h5-13H,4,14-18H2,1-3H3;2H,1H3. The minimum atomic E-state index is -0.540. The van der Waals surface area contributed by atoms with Crippen molar-refractivity contribution in [1.29, 1.82) is 0 Å². The normalized spacial score (nSPS) is 15.7. The van der Waals surface area contributed by atoms with Crippen LogP contribution in [0, 0.1) is 0 Å². The van der Waals surface area contributed by atoms with Crippen LogP contribution in [0.5, 0.6) is 0 Å². The van der Waals surface area contributed by atoms with Gasteiger partial charge in [0.05, 0.1) is 18.8 Å². The Morgan fingerprint density at radius 1 is 1.07 bits per heavy atom. The number of aldehydes is 1.